The second kappa shape index (κ2) is 9.45. The van der Waals surface area contributed by atoms with E-state index in [1.165, 1.54) is 18.9 Å². The molecule has 8 heteroatoms. The van der Waals surface area contributed by atoms with Crippen LogP contribution in [-0.2, 0) is 16.0 Å². The highest BCUT2D eigenvalue weighted by Crippen LogP contribution is 2.24. The van der Waals surface area contributed by atoms with Gasteiger partial charge in [-0.15, -0.1) is 0 Å². The Morgan fingerprint density at radius 1 is 1.37 bits per heavy atom. The van der Waals surface area contributed by atoms with Gasteiger partial charge in [-0.2, -0.15) is 11.8 Å². The van der Waals surface area contributed by atoms with Crippen LogP contribution in [0.25, 0.3) is 11.0 Å². The van der Waals surface area contributed by atoms with Crippen molar-refractivity contribution in [1.29, 1.82) is 0 Å². The topological polar surface area (TPSA) is 106 Å². The van der Waals surface area contributed by atoms with Crippen LogP contribution >= 0.6 is 11.8 Å². The van der Waals surface area contributed by atoms with E-state index in [1.807, 2.05) is 6.26 Å². The van der Waals surface area contributed by atoms with Crippen LogP contribution in [0.3, 0.4) is 0 Å². The Labute approximate surface area is 161 Å². The molecule has 27 heavy (non-hydrogen) atoms. The van der Waals surface area contributed by atoms with Crippen molar-refractivity contribution in [2.24, 2.45) is 0 Å². The highest BCUT2D eigenvalue weighted by atomic mass is 32.2. The van der Waals surface area contributed by atoms with Gasteiger partial charge in [0.05, 0.1) is 7.11 Å². The first-order valence-electron chi connectivity index (χ1n) is 8.48. The third kappa shape index (κ3) is 5.26. The van der Waals surface area contributed by atoms with Crippen LogP contribution in [0.5, 0.6) is 5.75 Å². The van der Waals surface area contributed by atoms with Crippen LogP contribution < -0.4 is 15.7 Å². The van der Waals surface area contributed by atoms with Crippen LogP contribution in [0, 0.1) is 6.92 Å². The molecule has 0 saturated carbocycles. The quantitative estimate of drug-likeness (QED) is 0.630. The zero-order chi connectivity index (χ0) is 20.0. The first-order chi connectivity index (χ1) is 12.9. The molecule has 1 atom stereocenters. The number of hydrogen-bond acceptors (Lipinski definition) is 6. The van der Waals surface area contributed by atoms with Crippen LogP contribution in [0.2, 0.25) is 0 Å². The molecule has 0 radical (unpaired) electrons. The zero-order valence-corrected chi connectivity index (χ0v) is 16.4. The maximum atomic E-state index is 12.3. The number of methoxy groups -OCH3 is 1. The summed E-state index contributed by atoms with van der Waals surface area (Å²) in [5, 5.41) is 12.5. The van der Waals surface area contributed by atoms with Crippen molar-refractivity contribution < 1.29 is 23.8 Å². The lowest BCUT2D eigenvalue weighted by molar-refractivity contribution is -0.141. The average molecular weight is 393 g/mol. The van der Waals surface area contributed by atoms with Gasteiger partial charge in [0.2, 0.25) is 5.91 Å². The summed E-state index contributed by atoms with van der Waals surface area (Å²) in [6, 6.07) is 4.30. The summed E-state index contributed by atoms with van der Waals surface area (Å²) < 4.78 is 10.5. The molecule has 2 N–H and O–H groups in total. The van der Waals surface area contributed by atoms with E-state index in [2.05, 4.69) is 5.32 Å². The molecule has 0 aliphatic rings. The Morgan fingerprint density at radius 2 is 2.11 bits per heavy atom. The number of rotatable bonds is 9. The van der Waals surface area contributed by atoms with E-state index in [1.54, 1.807) is 25.1 Å². The highest BCUT2D eigenvalue weighted by Gasteiger charge is 2.20. The van der Waals surface area contributed by atoms with Gasteiger partial charge in [0.15, 0.2) is 0 Å². The van der Waals surface area contributed by atoms with Crippen molar-refractivity contribution in [3.05, 3.63) is 39.7 Å². The third-order valence-corrected chi connectivity index (χ3v) is 4.98. The van der Waals surface area contributed by atoms with Crippen LogP contribution in [0.1, 0.15) is 24.0 Å². The van der Waals surface area contributed by atoms with E-state index < -0.39 is 23.5 Å². The number of benzene rings is 1. The van der Waals surface area contributed by atoms with Crippen molar-refractivity contribution in [2.75, 3.05) is 19.1 Å². The minimum absolute atomic E-state index is 0.0102. The average Bonchev–Trinajstić information content (AvgIpc) is 2.64. The maximum absolute atomic E-state index is 12.3. The summed E-state index contributed by atoms with van der Waals surface area (Å²) in [5.41, 5.74) is 1.08. The summed E-state index contributed by atoms with van der Waals surface area (Å²) in [6.07, 6.45) is 2.41. The number of thioether (sulfide) groups is 1. The molecule has 0 fully saturated rings. The first-order valence-corrected chi connectivity index (χ1v) is 9.88. The number of hydrogen-bond donors (Lipinski definition) is 2. The van der Waals surface area contributed by atoms with Gasteiger partial charge in [-0.05, 0) is 49.5 Å². The maximum Gasteiger partial charge on any atom is 0.339 e. The Hall–Kier alpha value is -2.48. The molecule has 2 aromatic rings. The summed E-state index contributed by atoms with van der Waals surface area (Å²) in [4.78, 5) is 35.7. The molecule has 0 aliphatic carbocycles. The number of carboxylic acids is 1. The first kappa shape index (κ1) is 20.8. The van der Waals surface area contributed by atoms with Gasteiger partial charge in [-0.25, -0.2) is 9.59 Å². The van der Waals surface area contributed by atoms with E-state index in [9.17, 15) is 19.5 Å². The molecule has 2 rings (SSSR count). The number of ether oxygens (including phenoxy) is 1. The lowest BCUT2D eigenvalue weighted by atomic mass is 10.0. The highest BCUT2D eigenvalue weighted by molar-refractivity contribution is 7.98. The van der Waals surface area contributed by atoms with Gasteiger partial charge in [-0.1, -0.05) is 0 Å². The molecule has 1 aromatic heterocycles. The predicted molar refractivity (Wildman–Crippen MR) is 105 cm³/mol. The number of carboxylic acid groups (broad SMARTS) is 1. The molecule has 1 aromatic carbocycles. The molecule has 7 nitrogen and oxygen atoms in total. The Balaban J connectivity index is 2.13. The number of nitrogens with one attached hydrogen (secondary N) is 1. The second-order valence-corrected chi connectivity index (χ2v) is 7.08. The molecule has 0 bridgehead atoms. The molecule has 0 spiro atoms. The van der Waals surface area contributed by atoms with Crippen molar-refractivity contribution in [3.8, 4) is 5.75 Å². The lowest BCUT2D eigenvalue weighted by Crippen LogP contribution is -2.41. The summed E-state index contributed by atoms with van der Waals surface area (Å²) >= 11 is 1.51. The van der Waals surface area contributed by atoms with Crippen molar-refractivity contribution >= 4 is 34.6 Å². The molecular formula is C19H23NO6S. The van der Waals surface area contributed by atoms with E-state index in [4.69, 9.17) is 9.15 Å². The lowest BCUT2D eigenvalue weighted by Gasteiger charge is -2.14. The predicted octanol–water partition coefficient (Wildman–Crippen LogP) is 2.37. The van der Waals surface area contributed by atoms with Crippen molar-refractivity contribution in [3.63, 3.8) is 0 Å². The number of carbonyl (C=O) groups excluding carboxylic acids is 1. The second-order valence-electron chi connectivity index (χ2n) is 6.09. The molecular weight excluding hydrogens is 370 g/mol. The smallest absolute Gasteiger partial charge is 0.339 e. The number of aryl methyl sites for hydroxylation is 1. The largest absolute Gasteiger partial charge is 0.497 e. The number of aliphatic carboxylic acids is 1. The summed E-state index contributed by atoms with van der Waals surface area (Å²) in [7, 11) is 1.53. The zero-order valence-electron chi connectivity index (χ0n) is 15.5. The third-order valence-electron chi connectivity index (χ3n) is 4.34. The number of amides is 1. The Bertz CT molecular complexity index is 892. The number of carbonyl (C=O) groups is 2. The molecule has 1 amide bonds. The molecule has 0 unspecified atom stereocenters. The standard InChI is InChI=1S/C19H23NO6S/c1-11-13-5-4-12(25-2)10-16(13)26-19(24)14(11)6-7-17(21)20-15(18(22)23)8-9-27-3/h4-5,10,15H,6-9H2,1-3H3,(H,20,21)(H,22,23)/t15-/m0/s1. The minimum Gasteiger partial charge on any atom is -0.497 e. The minimum atomic E-state index is -1.06. The summed E-state index contributed by atoms with van der Waals surface area (Å²) in [5.74, 6) is -0.249. The molecule has 1 heterocycles. The van der Waals surface area contributed by atoms with Gasteiger partial charge < -0.3 is 19.6 Å². The van der Waals surface area contributed by atoms with Crippen LogP contribution in [0.4, 0.5) is 0 Å². The SMILES string of the molecule is COc1ccc2c(C)c(CCC(=O)N[C@@H](CCSC)C(=O)O)c(=O)oc2c1. The van der Waals surface area contributed by atoms with Gasteiger partial charge in [0.25, 0.3) is 0 Å². The van der Waals surface area contributed by atoms with Crippen molar-refractivity contribution in [2.45, 2.75) is 32.2 Å². The molecule has 0 aliphatic heterocycles. The molecule has 0 saturated heterocycles. The van der Waals surface area contributed by atoms with E-state index in [0.717, 1.165) is 10.9 Å². The van der Waals surface area contributed by atoms with Gasteiger partial charge in [0, 0.05) is 23.4 Å². The van der Waals surface area contributed by atoms with Crippen molar-refractivity contribution in [1.82, 2.24) is 5.32 Å². The normalized spacial score (nSPS) is 12.0. The van der Waals surface area contributed by atoms with Crippen LogP contribution in [-0.4, -0.2) is 42.1 Å². The number of fused-ring (bicyclic) bond motifs is 1. The van der Waals surface area contributed by atoms with Crippen LogP contribution in [0.15, 0.2) is 27.4 Å². The van der Waals surface area contributed by atoms with Gasteiger partial charge in [0.1, 0.15) is 17.4 Å². The van der Waals surface area contributed by atoms with Gasteiger partial charge >= 0.3 is 11.6 Å². The van der Waals surface area contributed by atoms with Gasteiger partial charge in [-0.3, -0.25) is 4.79 Å². The fraction of sp³-hybridized carbons (Fsp3) is 0.421. The van der Waals surface area contributed by atoms with E-state index in [-0.39, 0.29) is 12.8 Å². The Kier molecular flexibility index (Phi) is 7.29. The van der Waals surface area contributed by atoms with E-state index in [0.29, 0.717) is 29.1 Å². The van der Waals surface area contributed by atoms with E-state index >= 15 is 0 Å². The molecule has 146 valence electrons. The Morgan fingerprint density at radius 3 is 2.74 bits per heavy atom. The monoisotopic (exact) mass is 393 g/mol. The summed E-state index contributed by atoms with van der Waals surface area (Å²) in [6.45, 7) is 1.80. The fourth-order valence-corrected chi connectivity index (χ4v) is 3.26. The fourth-order valence-electron chi connectivity index (χ4n) is 2.79.